The Bertz CT molecular complexity index is 60.6. The number of aliphatic hydroxyl groups excluding tert-OH is 1. The van der Waals surface area contributed by atoms with Crippen molar-refractivity contribution in [3.8, 4) is 0 Å². The highest BCUT2D eigenvalue weighted by Gasteiger charge is 1.98. The Morgan fingerprint density at radius 2 is 2.00 bits per heavy atom. The molecular formula is C2H6N2O2. The number of carbonyl (C=O) groups excluding carboxylic acids is 1. The van der Waals surface area contributed by atoms with Gasteiger partial charge in [0.2, 0.25) is 0 Å². The average Bonchev–Trinajstić information content (AvgIpc) is 1.36. The maximum Gasteiger partial charge on any atom is 0.261 e. The van der Waals surface area contributed by atoms with Crippen molar-refractivity contribution in [3.05, 3.63) is 0 Å². The number of amides is 1. The van der Waals surface area contributed by atoms with E-state index in [2.05, 4.69) is 11.5 Å². The fourth-order valence-corrected chi connectivity index (χ4v) is 0. The number of hydrogen-bond acceptors (Lipinski definition) is 3. The van der Waals surface area contributed by atoms with Gasteiger partial charge in [0.05, 0.1) is 0 Å². The standard InChI is InChI=1S/C2H6N2O2/c3-1(5)2(4)6/h1,5H,3H2,(H2,4,6)/t1-/m0/s1. The summed E-state index contributed by atoms with van der Waals surface area (Å²) in [6, 6.07) is 0. The van der Waals surface area contributed by atoms with Crippen LogP contribution in [-0.2, 0) is 4.79 Å². The average molecular weight is 90.1 g/mol. The van der Waals surface area contributed by atoms with Gasteiger partial charge in [-0.25, -0.2) is 0 Å². The summed E-state index contributed by atoms with van der Waals surface area (Å²) in [7, 11) is 0. The number of carbonyl (C=O) groups is 1. The first-order valence-electron chi connectivity index (χ1n) is 1.37. The molecule has 0 unspecified atom stereocenters. The van der Waals surface area contributed by atoms with E-state index in [0.29, 0.717) is 0 Å². The molecule has 0 fully saturated rings. The summed E-state index contributed by atoms with van der Waals surface area (Å²) < 4.78 is 0. The smallest absolute Gasteiger partial charge is 0.261 e. The summed E-state index contributed by atoms with van der Waals surface area (Å²) in [6.45, 7) is 0. The molecular weight excluding hydrogens is 84.0 g/mol. The molecule has 0 aliphatic rings. The maximum atomic E-state index is 9.55. The van der Waals surface area contributed by atoms with Crippen molar-refractivity contribution in [2.75, 3.05) is 0 Å². The summed E-state index contributed by atoms with van der Waals surface area (Å²) in [5.74, 6) is -0.907. The second kappa shape index (κ2) is 1.74. The Hall–Kier alpha value is -0.610. The molecule has 4 nitrogen and oxygen atoms in total. The largest absolute Gasteiger partial charge is 0.370 e. The van der Waals surface area contributed by atoms with Gasteiger partial charge >= 0.3 is 0 Å². The van der Waals surface area contributed by atoms with Crippen molar-refractivity contribution in [1.82, 2.24) is 0 Å². The molecule has 0 aliphatic carbocycles. The van der Waals surface area contributed by atoms with Crippen LogP contribution < -0.4 is 11.5 Å². The minimum absolute atomic E-state index is 0.907. The molecule has 0 spiro atoms. The van der Waals surface area contributed by atoms with Crippen molar-refractivity contribution in [1.29, 1.82) is 0 Å². The Balaban J connectivity index is 3.26. The van der Waals surface area contributed by atoms with E-state index in [1.54, 1.807) is 0 Å². The van der Waals surface area contributed by atoms with Crippen molar-refractivity contribution < 1.29 is 9.90 Å². The third kappa shape index (κ3) is 1.68. The zero-order valence-corrected chi connectivity index (χ0v) is 3.09. The molecule has 0 radical (unpaired) electrons. The number of hydrogen-bond donors (Lipinski definition) is 3. The first kappa shape index (κ1) is 5.39. The van der Waals surface area contributed by atoms with Crippen molar-refractivity contribution in [2.45, 2.75) is 6.23 Å². The maximum absolute atomic E-state index is 9.55. The van der Waals surface area contributed by atoms with Gasteiger partial charge in [0.1, 0.15) is 0 Å². The summed E-state index contributed by atoms with van der Waals surface area (Å²) in [6.07, 6.45) is -1.51. The lowest BCUT2D eigenvalue weighted by atomic mass is 10.6. The first-order chi connectivity index (χ1) is 2.64. The van der Waals surface area contributed by atoms with Gasteiger partial charge in [-0.1, -0.05) is 0 Å². The monoisotopic (exact) mass is 90.0 g/mol. The lowest BCUT2D eigenvalue weighted by Crippen LogP contribution is -2.35. The molecule has 0 aromatic heterocycles. The molecule has 6 heavy (non-hydrogen) atoms. The van der Waals surface area contributed by atoms with Gasteiger partial charge in [-0.2, -0.15) is 0 Å². The highest BCUT2D eigenvalue weighted by Crippen LogP contribution is 1.57. The molecule has 0 heterocycles. The minimum atomic E-state index is -1.51. The summed E-state index contributed by atoms with van der Waals surface area (Å²) >= 11 is 0. The van der Waals surface area contributed by atoms with Crippen molar-refractivity contribution >= 4 is 5.91 Å². The van der Waals surface area contributed by atoms with Gasteiger partial charge in [0.15, 0.2) is 6.23 Å². The third-order valence-electron chi connectivity index (χ3n) is 0.292. The first-order valence-corrected chi connectivity index (χ1v) is 1.37. The van der Waals surface area contributed by atoms with Crippen LogP contribution in [0.15, 0.2) is 0 Å². The Morgan fingerprint density at radius 1 is 1.83 bits per heavy atom. The van der Waals surface area contributed by atoms with E-state index in [1.165, 1.54) is 0 Å². The van der Waals surface area contributed by atoms with Crippen molar-refractivity contribution in [3.63, 3.8) is 0 Å². The number of aliphatic hydroxyl groups is 1. The lowest BCUT2D eigenvalue weighted by Gasteiger charge is -1.91. The van der Waals surface area contributed by atoms with Crippen LogP contribution in [0.4, 0.5) is 0 Å². The number of nitrogens with two attached hydrogens (primary N) is 2. The van der Waals surface area contributed by atoms with Gasteiger partial charge in [-0.3, -0.25) is 10.5 Å². The van der Waals surface area contributed by atoms with E-state index in [1.807, 2.05) is 0 Å². The zero-order valence-electron chi connectivity index (χ0n) is 3.09. The van der Waals surface area contributed by atoms with Crippen molar-refractivity contribution in [2.24, 2.45) is 11.5 Å². The zero-order chi connectivity index (χ0) is 5.15. The van der Waals surface area contributed by atoms with Crippen LogP contribution in [0.1, 0.15) is 0 Å². The van der Waals surface area contributed by atoms with E-state index in [9.17, 15) is 4.79 Å². The van der Waals surface area contributed by atoms with Crippen LogP contribution >= 0.6 is 0 Å². The van der Waals surface area contributed by atoms with Gasteiger partial charge in [-0.15, -0.1) is 0 Å². The van der Waals surface area contributed by atoms with Crippen LogP contribution in [0.3, 0.4) is 0 Å². The highest BCUT2D eigenvalue weighted by atomic mass is 16.3. The van der Waals surface area contributed by atoms with E-state index in [4.69, 9.17) is 5.11 Å². The molecule has 0 saturated heterocycles. The topological polar surface area (TPSA) is 89.3 Å². The van der Waals surface area contributed by atoms with Crippen LogP contribution in [0.25, 0.3) is 0 Å². The van der Waals surface area contributed by atoms with Gasteiger partial charge in [0, 0.05) is 0 Å². The molecule has 5 N–H and O–H groups in total. The minimum Gasteiger partial charge on any atom is -0.370 e. The molecule has 0 saturated carbocycles. The van der Waals surface area contributed by atoms with Gasteiger partial charge in [-0.05, 0) is 0 Å². The Kier molecular flexibility index (Phi) is 1.56. The van der Waals surface area contributed by atoms with E-state index < -0.39 is 12.1 Å². The SMILES string of the molecule is NC(=O)[C@@H](N)O. The van der Waals surface area contributed by atoms with E-state index >= 15 is 0 Å². The predicted octanol–water partition coefficient (Wildman–Crippen LogP) is -2.25. The fourth-order valence-electron chi connectivity index (χ4n) is 0. The number of rotatable bonds is 1. The third-order valence-corrected chi connectivity index (χ3v) is 0.292. The molecule has 36 valence electrons. The van der Waals surface area contributed by atoms with E-state index in [0.717, 1.165) is 0 Å². The molecule has 0 aliphatic heterocycles. The normalized spacial score (nSPS) is 13.7. The molecule has 0 bridgehead atoms. The Labute approximate surface area is 34.7 Å². The summed E-state index contributed by atoms with van der Waals surface area (Å²) in [4.78, 5) is 9.55. The second-order valence-electron chi connectivity index (χ2n) is 0.847. The summed E-state index contributed by atoms with van der Waals surface area (Å²) in [5.41, 5.74) is 8.94. The molecule has 1 atom stereocenters. The Morgan fingerprint density at radius 3 is 2.00 bits per heavy atom. The quantitative estimate of drug-likeness (QED) is 0.318. The molecule has 0 aromatic rings. The molecule has 1 amide bonds. The van der Waals surface area contributed by atoms with E-state index in [-0.39, 0.29) is 0 Å². The van der Waals surface area contributed by atoms with Gasteiger partial charge < -0.3 is 10.8 Å². The number of primary amides is 1. The highest BCUT2D eigenvalue weighted by molar-refractivity contribution is 5.77. The molecule has 4 heteroatoms. The van der Waals surface area contributed by atoms with Crippen LogP contribution in [0.5, 0.6) is 0 Å². The molecule has 0 aromatic carbocycles. The predicted molar refractivity (Wildman–Crippen MR) is 19.4 cm³/mol. The lowest BCUT2D eigenvalue weighted by molar-refractivity contribution is -0.125. The van der Waals surface area contributed by atoms with Crippen LogP contribution in [-0.4, -0.2) is 17.2 Å². The van der Waals surface area contributed by atoms with Crippen LogP contribution in [0, 0.1) is 0 Å². The van der Waals surface area contributed by atoms with Crippen LogP contribution in [0.2, 0.25) is 0 Å². The molecule has 0 rings (SSSR count). The fraction of sp³-hybridized carbons (Fsp3) is 0.500. The van der Waals surface area contributed by atoms with Gasteiger partial charge in [0.25, 0.3) is 5.91 Å². The summed E-state index contributed by atoms with van der Waals surface area (Å²) in [5, 5.41) is 7.93. The second-order valence-corrected chi connectivity index (χ2v) is 0.847.